The number of hydrogen-bond donors (Lipinski definition) is 2. The molecule has 0 amide bonds. The third kappa shape index (κ3) is 5.58. The fraction of sp³-hybridized carbons (Fsp3) is 0.500. The van der Waals surface area contributed by atoms with E-state index in [1.807, 2.05) is 6.92 Å². The molecule has 7 heteroatoms. The summed E-state index contributed by atoms with van der Waals surface area (Å²) in [5.74, 6) is -0.966. The van der Waals surface area contributed by atoms with Crippen LogP contribution in [0.2, 0.25) is 0 Å². The number of anilines is 1. The zero-order chi connectivity index (χ0) is 14.5. The number of pyridine rings is 1. The zero-order valence-corrected chi connectivity index (χ0v) is 10.4. The highest BCUT2D eigenvalue weighted by Gasteiger charge is 2.26. The van der Waals surface area contributed by atoms with E-state index in [1.165, 1.54) is 12.1 Å². The minimum atomic E-state index is -4.25. The lowest BCUT2D eigenvalue weighted by Crippen LogP contribution is -2.15. The van der Waals surface area contributed by atoms with Gasteiger partial charge < -0.3 is 10.4 Å². The van der Waals surface area contributed by atoms with E-state index in [0.29, 0.717) is 12.1 Å². The van der Waals surface area contributed by atoms with E-state index >= 15 is 0 Å². The number of halogens is 3. The summed E-state index contributed by atoms with van der Waals surface area (Å²) >= 11 is 0. The van der Waals surface area contributed by atoms with Crippen LogP contribution in [-0.2, 0) is 6.42 Å². The van der Waals surface area contributed by atoms with E-state index in [1.54, 1.807) is 0 Å². The van der Waals surface area contributed by atoms with Crippen molar-refractivity contribution in [1.29, 1.82) is 0 Å². The fourth-order valence-corrected chi connectivity index (χ4v) is 1.52. The van der Waals surface area contributed by atoms with Crippen LogP contribution in [0.4, 0.5) is 19.0 Å². The lowest BCUT2D eigenvalue weighted by Gasteiger charge is -2.10. The number of rotatable bonds is 6. The number of nitrogens with zero attached hydrogens (tertiary/aromatic N) is 1. The van der Waals surface area contributed by atoms with E-state index in [-0.39, 0.29) is 17.9 Å². The van der Waals surface area contributed by atoms with E-state index in [2.05, 4.69) is 10.3 Å². The van der Waals surface area contributed by atoms with Crippen molar-refractivity contribution in [1.82, 2.24) is 4.98 Å². The Labute approximate surface area is 108 Å². The van der Waals surface area contributed by atoms with Crippen LogP contribution in [0.3, 0.4) is 0 Å². The standard InChI is InChI=1S/C12H15F3N2O2/c1-2-3-9-6-8(11(18)19)7-10(17-9)16-5-4-12(13,14)15/h6-7H,2-5H2,1H3,(H,16,17)(H,18,19). The molecule has 1 rings (SSSR count). The molecule has 106 valence electrons. The second kappa shape index (κ2) is 6.40. The van der Waals surface area contributed by atoms with Gasteiger partial charge in [-0.05, 0) is 18.6 Å². The molecule has 0 aromatic carbocycles. The van der Waals surface area contributed by atoms with Crippen LogP contribution in [0.15, 0.2) is 12.1 Å². The van der Waals surface area contributed by atoms with E-state index in [4.69, 9.17) is 5.11 Å². The van der Waals surface area contributed by atoms with Crippen LogP contribution in [0.5, 0.6) is 0 Å². The highest BCUT2D eigenvalue weighted by molar-refractivity contribution is 5.88. The first kappa shape index (κ1) is 15.3. The molecule has 0 aliphatic carbocycles. The molecule has 2 N–H and O–H groups in total. The van der Waals surface area contributed by atoms with Crippen molar-refractivity contribution in [2.45, 2.75) is 32.4 Å². The molecule has 0 fully saturated rings. The topological polar surface area (TPSA) is 62.2 Å². The van der Waals surface area contributed by atoms with Crippen LogP contribution in [0.25, 0.3) is 0 Å². The number of hydrogen-bond acceptors (Lipinski definition) is 3. The summed E-state index contributed by atoms with van der Waals surface area (Å²) < 4.78 is 36.0. The molecule has 0 aliphatic heterocycles. The van der Waals surface area contributed by atoms with Gasteiger partial charge in [0, 0.05) is 12.2 Å². The zero-order valence-electron chi connectivity index (χ0n) is 10.4. The van der Waals surface area contributed by atoms with Crippen molar-refractivity contribution in [2.75, 3.05) is 11.9 Å². The summed E-state index contributed by atoms with van der Waals surface area (Å²) in [7, 11) is 0. The van der Waals surface area contributed by atoms with Gasteiger partial charge in [-0.25, -0.2) is 9.78 Å². The summed E-state index contributed by atoms with van der Waals surface area (Å²) in [5, 5.41) is 11.4. The van der Waals surface area contributed by atoms with Gasteiger partial charge in [0.05, 0.1) is 12.0 Å². The van der Waals surface area contributed by atoms with Crippen molar-refractivity contribution in [2.24, 2.45) is 0 Å². The monoisotopic (exact) mass is 276 g/mol. The van der Waals surface area contributed by atoms with E-state index < -0.39 is 18.6 Å². The maximum Gasteiger partial charge on any atom is 0.390 e. The first-order chi connectivity index (χ1) is 8.81. The third-order valence-electron chi connectivity index (χ3n) is 2.35. The molecule has 0 saturated carbocycles. The van der Waals surface area contributed by atoms with Gasteiger partial charge in [-0.2, -0.15) is 13.2 Å². The van der Waals surface area contributed by atoms with E-state index in [0.717, 1.165) is 6.42 Å². The quantitative estimate of drug-likeness (QED) is 0.838. The normalized spacial score (nSPS) is 11.4. The molecule has 4 nitrogen and oxygen atoms in total. The number of carboxylic acid groups (broad SMARTS) is 1. The first-order valence-electron chi connectivity index (χ1n) is 5.86. The number of carboxylic acids is 1. The van der Waals surface area contributed by atoms with Crippen molar-refractivity contribution < 1.29 is 23.1 Å². The Balaban J connectivity index is 2.78. The minimum Gasteiger partial charge on any atom is -0.478 e. The molecule has 1 heterocycles. The molecule has 0 aliphatic rings. The Kier molecular flexibility index (Phi) is 5.14. The number of alkyl halides is 3. The van der Waals surface area contributed by atoms with Crippen LogP contribution in [-0.4, -0.2) is 28.8 Å². The largest absolute Gasteiger partial charge is 0.478 e. The molecule has 0 unspecified atom stereocenters. The van der Waals surface area contributed by atoms with Gasteiger partial charge in [0.15, 0.2) is 0 Å². The SMILES string of the molecule is CCCc1cc(C(=O)O)cc(NCCC(F)(F)F)n1. The van der Waals surface area contributed by atoms with Crippen molar-refractivity contribution >= 4 is 11.8 Å². The summed E-state index contributed by atoms with van der Waals surface area (Å²) in [6.07, 6.45) is -3.88. The fourth-order valence-electron chi connectivity index (χ4n) is 1.52. The Morgan fingerprint density at radius 2 is 2.11 bits per heavy atom. The van der Waals surface area contributed by atoms with Gasteiger partial charge in [-0.1, -0.05) is 13.3 Å². The van der Waals surface area contributed by atoms with Gasteiger partial charge in [-0.15, -0.1) is 0 Å². The van der Waals surface area contributed by atoms with Crippen molar-refractivity contribution in [3.05, 3.63) is 23.4 Å². The second-order valence-corrected chi connectivity index (χ2v) is 4.08. The van der Waals surface area contributed by atoms with Gasteiger partial charge in [-0.3, -0.25) is 0 Å². The molecule has 0 atom stereocenters. The van der Waals surface area contributed by atoms with Crippen molar-refractivity contribution in [3.8, 4) is 0 Å². The molecule has 1 aromatic heterocycles. The number of aromatic nitrogens is 1. The smallest absolute Gasteiger partial charge is 0.390 e. The van der Waals surface area contributed by atoms with Gasteiger partial charge in [0.2, 0.25) is 0 Å². The summed E-state index contributed by atoms with van der Waals surface area (Å²) in [6.45, 7) is 1.58. The summed E-state index contributed by atoms with van der Waals surface area (Å²) in [5.41, 5.74) is 0.574. The average Bonchev–Trinajstić information content (AvgIpc) is 2.27. The Morgan fingerprint density at radius 1 is 1.42 bits per heavy atom. The highest BCUT2D eigenvalue weighted by Crippen LogP contribution is 2.19. The summed E-state index contributed by atoms with van der Waals surface area (Å²) in [6, 6.07) is 2.67. The lowest BCUT2D eigenvalue weighted by molar-refractivity contribution is -0.131. The van der Waals surface area contributed by atoms with Crippen LogP contribution < -0.4 is 5.32 Å². The molecule has 0 bridgehead atoms. The summed E-state index contributed by atoms with van der Waals surface area (Å²) in [4.78, 5) is 15.0. The maximum atomic E-state index is 12.0. The molecule has 0 spiro atoms. The van der Waals surface area contributed by atoms with Gasteiger partial charge in [0.1, 0.15) is 5.82 Å². The van der Waals surface area contributed by atoms with Crippen LogP contribution in [0.1, 0.15) is 35.8 Å². The predicted molar refractivity (Wildman–Crippen MR) is 64.4 cm³/mol. The lowest BCUT2D eigenvalue weighted by atomic mass is 10.1. The Hall–Kier alpha value is -1.79. The number of carbonyl (C=O) groups is 1. The second-order valence-electron chi connectivity index (χ2n) is 4.08. The van der Waals surface area contributed by atoms with Crippen LogP contribution in [0, 0.1) is 0 Å². The Bertz CT molecular complexity index is 447. The Morgan fingerprint density at radius 3 is 2.63 bits per heavy atom. The van der Waals surface area contributed by atoms with Crippen LogP contribution >= 0.6 is 0 Å². The average molecular weight is 276 g/mol. The highest BCUT2D eigenvalue weighted by atomic mass is 19.4. The predicted octanol–water partition coefficient (Wildman–Crippen LogP) is 3.10. The number of aromatic carboxylic acids is 1. The molecule has 19 heavy (non-hydrogen) atoms. The minimum absolute atomic E-state index is 0.0213. The van der Waals surface area contributed by atoms with E-state index in [9.17, 15) is 18.0 Å². The maximum absolute atomic E-state index is 12.0. The molecular weight excluding hydrogens is 261 g/mol. The molecule has 0 radical (unpaired) electrons. The van der Waals surface area contributed by atoms with Gasteiger partial charge >= 0.3 is 12.1 Å². The number of nitrogens with one attached hydrogen (secondary N) is 1. The molecular formula is C12H15F3N2O2. The molecule has 1 aromatic rings. The first-order valence-corrected chi connectivity index (χ1v) is 5.86. The third-order valence-corrected chi connectivity index (χ3v) is 2.35. The number of aryl methyl sites for hydroxylation is 1. The van der Waals surface area contributed by atoms with Crippen molar-refractivity contribution in [3.63, 3.8) is 0 Å². The molecule has 0 saturated heterocycles. The van der Waals surface area contributed by atoms with Gasteiger partial charge in [0.25, 0.3) is 0 Å².